The number of amides is 1. The van der Waals surface area contributed by atoms with Gasteiger partial charge in [0.15, 0.2) is 5.82 Å². The van der Waals surface area contributed by atoms with Crippen LogP contribution in [0.1, 0.15) is 37.7 Å². The predicted octanol–water partition coefficient (Wildman–Crippen LogP) is 3.17. The third kappa shape index (κ3) is 4.33. The molecule has 1 saturated heterocycles. The first kappa shape index (κ1) is 18.0. The summed E-state index contributed by atoms with van der Waals surface area (Å²) in [4.78, 5) is 22.5. The summed E-state index contributed by atoms with van der Waals surface area (Å²) in [6, 6.07) is 8.21. The van der Waals surface area contributed by atoms with E-state index in [1.165, 1.54) is 6.33 Å². The second-order valence-corrected chi connectivity index (χ2v) is 7.65. The summed E-state index contributed by atoms with van der Waals surface area (Å²) >= 11 is 6.18. The van der Waals surface area contributed by atoms with Crippen molar-refractivity contribution >= 4 is 23.3 Å². The van der Waals surface area contributed by atoms with E-state index in [0.29, 0.717) is 11.1 Å². The van der Waals surface area contributed by atoms with E-state index in [-0.39, 0.29) is 17.9 Å². The highest BCUT2D eigenvalue weighted by Gasteiger charge is 2.27. The first-order chi connectivity index (χ1) is 13.1. The van der Waals surface area contributed by atoms with Gasteiger partial charge in [0.1, 0.15) is 23.2 Å². The number of ether oxygens (including phenoxy) is 1. The van der Waals surface area contributed by atoms with Crippen LogP contribution in [-0.2, 0) is 4.79 Å². The number of rotatable bonds is 6. The van der Waals surface area contributed by atoms with E-state index in [0.717, 1.165) is 49.5 Å². The fraction of sp³-hybridized carbons (Fsp3) is 0.450. The Bertz CT molecular complexity index is 810. The van der Waals surface area contributed by atoms with Gasteiger partial charge in [0.2, 0.25) is 5.91 Å². The third-order valence-electron chi connectivity index (χ3n) is 5.09. The van der Waals surface area contributed by atoms with Crippen LogP contribution in [-0.4, -0.2) is 41.1 Å². The number of hydrogen-bond acceptors (Lipinski definition) is 5. The van der Waals surface area contributed by atoms with E-state index in [1.807, 2.05) is 31.2 Å². The topological polar surface area (TPSA) is 67.3 Å². The summed E-state index contributed by atoms with van der Waals surface area (Å²) in [5.41, 5.74) is 1.00. The molecule has 4 rings (SSSR count). The van der Waals surface area contributed by atoms with E-state index in [2.05, 4.69) is 20.2 Å². The second kappa shape index (κ2) is 7.72. The lowest BCUT2D eigenvalue weighted by Crippen LogP contribution is -2.29. The van der Waals surface area contributed by atoms with Crippen molar-refractivity contribution in [2.45, 2.75) is 44.2 Å². The van der Waals surface area contributed by atoms with Gasteiger partial charge >= 0.3 is 0 Å². The minimum atomic E-state index is -0.151. The first-order valence-electron chi connectivity index (χ1n) is 9.37. The molecule has 1 aliphatic heterocycles. The SMILES string of the molecule is CC(C(=O)NC1CC1)c1ccc(OC2CCN(c3ncncc3Cl)C2)cc1. The van der Waals surface area contributed by atoms with Gasteiger partial charge in [-0.15, -0.1) is 0 Å². The van der Waals surface area contributed by atoms with Gasteiger partial charge in [-0.3, -0.25) is 4.79 Å². The summed E-state index contributed by atoms with van der Waals surface area (Å²) in [6.07, 6.45) is 6.31. The monoisotopic (exact) mass is 386 g/mol. The molecular formula is C20H23ClN4O2. The van der Waals surface area contributed by atoms with Crippen LogP contribution in [0.25, 0.3) is 0 Å². The molecule has 2 unspecified atom stereocenters. The van der Waals surface area contributed by atoms with Crippen molar-refractivity contribution in [1.82, 2.24) is 15.3 Å². The number of carbonyl (C=O) groups is 1. The third-order valence-corrected chi connectivity index (χ3v) is 5.36. The fourth-order valence-electron chi connectivity index (χ4n) is 3.29. The Morgan fingerprint density at radius 2 is 2.07 bits per heavy atom. The average Bonchev–Trinajstić information content (AvgIpc) is 3.38. The molecule has 6 nitrogen and oxygen atoms in total. The van der Waals surface area contributed by atoms with E-state index in [4.69, 9.17) is 16.3 Å². The van der Waals surface area contributed by atoms with Crippen molar-refractivity contribution in [1.29, 1.82) is 0 Å². The highest BCUT2D eigenvalue weighted by Crippen LogP contribution is 2.28. The lowest BCUT2D eigenvalue weighted by molar-refractivity contribution is -0.122. The smallest absolute Gasteiger partial charge is 0.227 e. The summed E-state index contributed by atoms with van der Waals surface area (Å²) in [5.74, 6) is 1.51. The standard InChI is InChI=1S/C20H23ClN4O2/c1-13(20(26)24-15-4-5-15)14-2-6-16(7-3-14)27-17-8-9-25(11-17)19-18(21)10-22-12-23-19/h2-3,6-7,10,12-13,15,17H,4-5,8-9,11H2,1H3,(H,24,26). The van der Waals surface area contributed by atoms with E-state index < -0.39 is 0 Å². The fourth-order valence-corrected chi connectivity index (χ4v) is 3.51. The highest BCUT2D eigenvalue weighted by molar-refractivity contribution is 6.32. The van der Waals surface area contributed by atoms with E-state index >= 15 is 0 Å². The van der Waals surface area contributed by atoms with Crippen molar-refractivity contribution in [3.05, 3.63) is 47.4 Å². The normalized spacial score (nSPS) is 20.4. The van der Waals surface area contributed by atoms with Crippen LogP contribution in [0, 0.1) is 0 Å². The molecule has 0 spiro atoms. The molecule has 7 heteroatoms. The molecule has 2 aliphatic rings. The van der Waals surface area contributed by atoms with Crippen molar-refractivity contribution in [2.75, 3.05) is 18.0 Å². The lowest BCUT2D eigenvalue weighted by atomic mass is 10.0. The zero-order chi connectivity index (χ0) is 18.8. The molecule has 2 atom stereocenters. The largest absolute Gasteiger partial charge is 0.489 e. The second-order valence-electron chi connectivity index (χ2n) is 7.24. The van der Waals surface area contributed by atoms with Crippen LogP contribution in [0.5, 0.6) is 5.75 Å². The van der Waals surface area contributed by atoms with E-state index in [9.17, 15) is 4.79 Å². The number of hydrogen-bond donors (Lipinski definition) is 1. The zero-order valence-electron chi connectivity index (χ0n) is 15.3. The van der Waals surface area contributed by atoms with Gasteiger partial charge in [-0.25, -0.2) is 9.97 Å². The summed E-state index contributed by atoms with van der Waals surface area (Å²) < 4.78 is 6.11. The number of aromatic nitrogens is 2. The zero-order valence-corrected chi connectivity index (χ0v) is 16.0. The molecule has 142 valence electrons. The molecule has 1 aromatic carbocycles. The number of nitrogens with zero attached hydrogens (tertiary/aromatic N) is 3. The molecule has 2 heterocycles. The van der Waals surface area contributed by atoms with Crippen LogP contribution in [0.15, 0.2) is 36.8 Å². The van der Waals surface area contributed by atoms with Crippen LogP contribution < -0.4 is 15.0 Å². The maximum absolute atomic E-state index is 12.2. The van der Waals surface area contributed by atoms with Crippen molar-refractivity contribution < 1.29 is 9.53 Å². The van der Waals surface area contributed by atoms with Crippen LogP contribution in [0.3, 0.4) is 0 Å². The number of benzene rings is 1. The Labute approximate surface area is 163 Å². The minimum Gasteiger partial charge on any atom is -0.489 e. The Morgan fingerprint density at radius 3 is 2.78 bits per heavy atom. The molecular weight excluding hydrogens is 364 g/mol. The van der Waals surface area contributed by atoms with Gasteiger partial charge < -0.3 is 15.0 Å². The Balaban J connectivity index is 1.33. The number of nitrogens with one attached hydrogen (secondary N) is 1. The maximum atomic E-state index is 12.2. The highest BCUT2D eigenvalue weighted by atomic mass is 35.5. The molecule has 1 saturated carbocycles. The predicted molar refractivity (Wildman–Crippen MR) is 104 cm³/mol. The summed E-state index contributed by atoms with van der Waals surface area (Å²) in [7, 11) is 0. The molecule has 1 aliphatic carbocycles. The Morgan fingerprint density at radius 1 is 1.30 bits per heavy atom. The molecule has 27 heavy (non-hydrogen) atoms. The molecule has 2 fully saturated rings. The van der Waals surface area contributed by atoms with Crippen LogP contribution >= 0.6 is 11.6 Å². The Hall–Kier alpha value is -2.34. The van der Waals surface area contributed by atoms with Gasteiger partial charge in [-0.2, -0.15) is 0 Å². The van der Waals surface area contributed by atoms with Gasteiger partial charge in [0, 0.05) is 19.0 Å². The quantitative estimate of drug-likeness (QED) is 0.825. The van der Waals surface area contributed by atoms with Gasteiger partial charge in [0.05, 0.1) is 18.7 Å². The summed E-state index contributed by atoms with van der Waals surface area (Å²) in [6.45, 7) is 3.52. The van der Waals surface area contributed by atoms with E-state index in [1.54, 1.807) is 6.20 Å². The number of carbonyl (C=O) groups excluding carboxylic acids is 1. The van der Waals surface area contributed by atoms with Crippen molar-refractivity contribution in [3.63, 3.8) is 0 Å². The maximum Gasteiger partial charge on any atom is 0.227 e. The molecule has 1 amide bonds. The van der Waals surface area contributed by atoms with Crippen molar-refractivity contribution in [2.24, 2.45) is 0 Å². The van der Waals surface area contributed by atoms with Gasteiger partial charge in [-0.05, 0) is 37.5 Å². The molecule has 1 aromatic heterocycles. The molecule has 0 radical (unpaired) electrons. The Kier molecular flexibility index (Phi) is 5.16. The van der Waals surface area contributed by atoms with Gasteiger partial charge in [0.25, 0.3) is 0 Å². The van der Waals surface area contributed by atoms with Gasteiger partial charge in [-0.1, -0.05) is 23.7 Å². The average molecular weight is 387 g/mol. The summed E-state index contributed by atoms with van der Waals surface area (Å²) in [5, 5.41) is 3.61. The van der Waals surface area contributed by atoms with Crippen molar-refractivity contribution in [3.8, 4) is 5.75 Å². The minimum absolute atomic E-state index is 0.0810. The lowest BCUT2D eigenvalue weighted by Gasteiger charge is -2.19. The first-order valence-corrected chi connectivity index (χ1v) is 9.75. The molecule has 1 N–H and O–H groups in total. The molecule has 2 aromatic rings. The van der Waals surface area contributed by atoms with Crippen LogP contribution in [0.4, 0.5) is 5.82 Å². The van der Waals surface area contributed by atoms with Crippen LogP contribution in [0.2, 0.25) is 5.02 Å². The number of anilines is 1. The number of halogens is 1. The molecule has 0 bridgehead atoms.